The Kier molecular flexibility index (Phi) is 5.03. The Labute approximate surface area is 159 Å². The van der Waals surface area contributed by atoms with Crippen LogP contribution in [0.15, 0.2) is 42.0 Å². The summed E-state index contributed by atoms with van der Waals surface area (Å²) in [6.07, 6.45) is 3.27. The van der Waals surface area contributed by atoms with Crippen LogP contribution in [0, 0.1) is 0 Å². The lowest BCUT2D eigenvalue weighted by atomic mass is 9.94. The summed E-state index contributed by atoms with van der Waals surface area (Å²) < 4.78 is 0. The molecule has 25 heavy (non-hydrogen) atoms. The van der Waals surface area contributed by atoms with Crippen LogP contribution < -0.4 is 5.32 Å². The van der Waals surface area contributed by atoms with Gasteiger partial charge in [0.1, 0.15) is 5.69 Å². The molecule has 3 aromatic rings. The number of hydrogen-bond donors (Lipinski definition) is 1. The van der Waals surface area contributed by atoms with E-state index in [-0.39, 0.29) is 5.91 Å². The summed E-state index contributed by atoms with van der Waals surface area (Å²) in [5, 5.41) is 6.16. The van der Waals surface area contributed by atoms with Crippen LogP contribution in [0.25, 0.3) is 10.8 Å². The summed E-state index contributed by atoms with van der Waals surface area (Å²) in [6.45, 7) is 3.77. The molecule has 0 saturated heterocycles. The van der Waals surface area contributed by atoms with Crippen LogP contribution in [0.2, 0.25) is 10.0 Å². The van der Waals surface area contributed by atoms with Crippen molar-refractivity contribution in [1.82, 2.24) is 20.3 Å². The maximum absolute atomic E-state index is 12.6. The summed E-state index contributed by atoms with van der Waals surface area (Å²) >= 11 is 13.4. The monoisotopic (exact) mass is 392 g/mol. The zero-order chi connectivity index (χ0) is 18.0. The molecule has 0 aliphatic rings. The SMILES string of the molecule is CC(C)(NC(=O)c1csc(-c2ncccn2)n1)c1ccc(Cl)c(Cl)c1. The number of nitrogens with zero attached hydrogens (tertiary/aromatic N) is 3. The van der Waals surface area contributed by atoms with E-state index in [1.807, 2.05) is 19.9 Å². The Morgan fingerprint density at radius 2 is 1.88 bits per heavy atom. The topological polar surface area (TPSA) is 67.8 Å². The van der Waals surface area contributed by atoms with Crippen molar-refractivity contribution in [1.29, 1.82) is 0 Å². The van der Waals surface area contributed by atoms with Crippen LogP contribution in [0.3, 0.4) is 0 Å². The molecule has 0 fully saturated rings. The standard InChI is InChI=1S/C17H14Cl2N4OS/c1-17(2,10-4-5-11(18)12(19)8-10)23-15(24)13-9-25-16(22-13)14-20-6-3-7-21-14/h3-9H,1-2H3,(H,23,24). The number of carbonyl (C=O) groups is 1. The summed E-state index contributed by atoms with van der Waals surface area (Å²) in [6, 6.07) is 7.01. The van der Waals surface area contributed by atoms with Crippen molar-refractivity contribution < 1.29 is 4.79 Å². The molecule has 0 radical (unpaired) electrons. The van der Waals surface area contributed by atoms with E-state index in [2.05, 4.69) is 20.3 Å². The zero-order valence-electron chi connectivity index (χ0n) is 13.5. The number of halogens is 2. The highest BCUT2D eigenvalue weighted by molar-refractivity contribution is 7.13. The number of nitrogens with one attached hydrogen (secondary N) is 1. The molecule has 0 aliphatic carbocycles. The Balaban J connectivity index is 1.79. The minimum atomic E-state index is -0.641. The van der Waals surface area contributed by atoms with Crippen LogP contribution >= 0.6 is 34.5 Å². The first kappa shape index (κ1) is 17.8. The van der Waals surface area contributed by atoms with Crippen LogP contribution in [0.4, 0.5) is 0 Å². The predicted molar refractivity (Wildman–Crippen MR) is 100 cm³/mol. The van der Waals surface area contributed by atoms with Crippen molar-refractivity contribution in [2.24, 2.45) is 0 Å². The van der Waals surface area contributed by atoms with Crippen LogP contribution in [-0.2, 0) is 5.54 Å². The molecule has 2 heterocycles. The van der Waals surface area contributed by atoms with Gasteiger partial charge < -0.3 is 5.32 Å². The van der Waals surface area contributed by atoms with E-state index in [1.165, 1.54) is 11.3 Å². The van der Waals surface area contributed by atoms with E-state index >= 15 is 0 Å². The Hall–Kier alpha value is -2.02. The molecule has 0 unspecified atom stereocenters. The van der Waals surface area contributed by atoms with Crippen molar-refractivity contribution in [3.05, 3.63) is 63.3 Å². The van der Waals surface area contributed by atoms with Gasteiger partial charge in [0.2, 0.25) is 0 Å². The summed E-state index contributed by atoms with van der Waals surface area (Å²) in [4.78, 5) is 25.2. The van der Waals surface area contributed by atoms with Gasteiger partial charge in [0.05, 0.1) is 15.6 Å². The van der Waals surface area contributed by atoms with Crippen molar-refractivity contribution in [2.45, 2.75) is 19.4 Å². The van der Waals surface area contributed by atoms with Gasteiger partial charge >= 0.3 is 0 Å². The van der Waals surface area contributed by atoms with E-state index in [0.29, 0.717) is 26.6 Å². The second-order valence-electron chi connectivity index (χ2n) is 5.82. The molecular formula is C17H14Cl2N4OS. The lowest BCUT2D eigenvalue weighted by molar-refractivity contribution is 0.0907. The van der Waals surface area contributed by atoms with Crippen LogP contribution in [0.1, 0.15) is 29.9 Å². The van der Waals surface area contributed by atoms with E-state index < -0.39 is 5.54 Å². The largest absolute Gasteiger partial charge is 0.342 e. The molecule has 3 rings (SSSR count). The fourth-order valence-electron chi connectivity index (χ4n) is 2.20. The summed E-state index contributed by atoms with van der Waals surface area (Å²) in [7, 11) is 0. The average Bonchev–Trinajstić information content (AvgIpc) is 3.08. The van der Waals surface area contributed by atoms with Crippen molar-refractivity contribution in [2.75, 3.05) is 0 Å². The Bertz CT molecular complexity index is 912. The number of hydrogen-bond acceptors (Lipinski definition) is 5. The van der Waals surface area contributed by atoms with Gasteiger partial charge in [0.25, 0.3) is 5.91 Å². The zero-order valence-corrected chi connectivity index (χ0v) is 15.8. The molecular weight excluding hydrogens is 379 g/mol. The Morgan fingerprint density at radius 1 is 1.16 bits per heavy atom. The number of carbonyl (C=O) groups excluding carboxylic acids is 1. The molecule has 5 nitrogen and oxygen atoms in total. The molecule has 0 saturated carbocycles. The highest BCUT2D eigenvalue weighted by Crippen LogP contribution is 2.29. The van der Waals surface area contributed by atoms with E-state index in [4.69, 9.17) is 23.2 Å². The number of rotatable bonds is 4. The molecule has 0 bridgehead atoms. The van der Waals surface area contributed by atoms with Gasteiger partial charge in [-0.15, -0.1) is 11.3 Å². The molecule has 0 spiro atoms. The van der Waals surface area contributed by atoms with Gasteiger partial charge in [-0.3, -0.25) is 4.79 Å². The highest BCUT2D eigenvalue weighted by Gasteiger charge is 2.25. The lowest BCUT2D eigenvalue weighted by Gasteiger charge is -2.27. The fourth-order valence-corrected chi connectivity index (χ4v) is 3.24. The number of benzene rings is 1. The van der Waals surface area contributed by atoms with E-state index in [9.17, 15) is 4.79 Å². The first-order valence-corrected chi connectivity index (χ1v) is 9.01. The lowest BCUT2D eigenvalue weighted by Crippen LogP contribution is -2.41. The van der Waals surface area contributed by atoms with Crippen LogP contribution in [0.5, 0.6) is 0 Å². The third-order valence-corrected chi connectivity index (χ3v) is 5.14. The molecule has 2 aromatic heterocycles. The number of amides is 1. The fraction of sp³-hybridized carbons (Fsp3) is 0.176. The average molecular weight is 393 g/mol. The van der Waals surface area contributed by atoms with Gasteiger partial charge in [-0.05, 0) is 37.6 Å². The van der Waals surface area contributed by atoms with Gasteiger partial charge in [0, 0.05) is 17.8 Å². The minimum absolute atomic E-state index is 0.283. The summed E-state index contributed by atoms with van der Waals surface area (Å²) in [5.41, 5.74) is 0.524. The van der Waals surface area contributed by atoms with Gasteiger partial charge in [-0.2, -0.15) is 0 Å². The smallest absolute Gasteiger partial charge is 0.271 e. The molecule has 0 atom stereocenters. The van der Waals surface area contributed by atoms with Gasteiger partial charge in [0.15, 0.2) is 10.8 Å². The first-order chi connectivity index (χ1) is 11.9. The van der Waals surface area contributed by atoms with E-state index in [0.717, 1.165) is 5.56 Å². The quantitative estimate of drug-likeness (QED) is 0.705. The molecule has 1 aromatic carbocycles. The van der Waals surface area contributed by atoms with Gasteiger partial charge in [-0.1, -0.05) is 29.3 Å². The predicted octanol–water partition coefficient (Wildman–Crippen LogP) is 4.57. The van der Waals surface area contributed by atoms with Crippen molar-refractivity contribution in [3.63, 3.8) is 0 Å². The van der Waals surface area contributed by atoms with Crippen LogP contribution in [-0.4, -0.2) is 20.9 Å². The minimum Gasteiger partial charge on any atom is -0.342 e. The maximum atomic E-state index is 12.6. The van der Waals surface area contributed by atoms with E-state index in [1.54, 1.807) is 36.0 Å². The molecule has 1 N–H and O–H groups in total. The van der Waals surface area contributed by atoms with Crippen molar-refractivity contribution in [3.8, 4) is 10.8 Å². The second-order valence-corrected chi connectivity index (χ2v) is 7.49. The molecule has 8 heteroatoms. The van der Waals surface area contributed by atoms with Gasteiger partial charge in [-0.25, -0.2) is 15.0 Å². The number of aromatic nitrogens is 3. The molecule has 1 amide bonds. The maximum Gasteiger partial charge on any atom is 0.271 e. The first-order valence-electron chi connectivity index (χ1n) is 7.38. The summed E-state index contributed by atoms with van der Waals surface area (Å²) in [5.74, 6) is 0.213. The highest BCUT2D eigenvalue weighted by atomic mass is 35.5. The normalized spacial score (nSPS) is 11.4. The third kappa shape index (κ3) is 3.98. The second kappa shape index (κ2) is 7.07. The number of thiazole rings is 1. The molecule has 128 valence electrons. The molecule has 0 aliphatic heterocycles. The van der Waals surface area contributed by atoms with Crippen molar-refractivity contribution >= 4 is 40.4 Å². The third-order valence-electron chi connectivity index (χ3n) is 3.56. The Morgan fingerprint density at radius 3 is 2.56 bits per heavy atom.